The molecule has 0 aromatic heterocycles. The Hall–Kier alpha value is -2.73. The van der Waals surface area contributed by atoms with Gasteiger partial charge >= 0.3 is 0 Å². The van der Waals surface area contributed by atoms with Crippen molar-refractivity contribution in [3.63, 3.8) is 0 Å². The number of nitrogens with one attached hydrogen (secondary N) is 1. The van der Waals surface area contributed by atoms with E-state index in [-0.39, 0.29) is 25.0 Å². The average molecular weight is 389 g/mol. The summed E-state index contributed by atoms with van der Waals surface area (Å²) in [7, 11) is 1.74. The second-order valence-corrected chi connectivity index (χ2v) is 6.88. The minimum Gasteiger partial charge on any atom is -0.454 e. The predicted molar refractivity (Wildman–Crippen MR) is 102 cm³/mol. The lowest BCUT2D eigenvalue weighted by molar-refractivity contribution is -0.131. The van der Waals surface area contributed by atoms with Crippen molar-refractivity contribution in [2.24, 2.45) is 0 Å². The number of amides is 2. The van der Waals surface area contributed by atoms with Crippen molar-refractivity contribution in [2.45, 2.75) is 25.9 Å². The SMILES string of the molecule is CC(=O)NC(CC(=O)N(C)Cc1ccc2c(c1)OCO2)c1ccc(Cl)cc1. The number of halogens is 1. The van der Waals surface area contributed by atoms with Crippen LogP contribution in [0.4, 0.5) is 0 Å². The van der Waals surface area contributed by atoms with Crippen LogP contribution < -0.4 is 14.8 Å². The van der Waals surface area contributed by atoms with Gasteiger partial charge in [0, 0.05) is 25.5 Å². The van der Waals surface area contributed by atoms with E-state index in [9.17, 15) is 9.59 Å². The van der Waals surface area contributed by atoms with Crippen LogP contribution >= 0.6 is 11.6 Å². The summed E-state index contributed by atoms with van der Waals surface area (Å²) in [6.45, 7) is 2.08. The molecule has 2 amide bonds. The third-order valence-corrected chi connectivity index (χ3v) is 4.56. The molecule has 1 N–H and O–H groups in total. The summed E-state index contributed by atoms with van der Waals surface area (Å²) < 4.78 is 10.7. The third kappa shape index (κ3) is 4.92. The zero-order valence-corrected chi connectivity index (χ0v) is 16.0. The fourth-order valence-corrected chi connectivity index (χ4v) is 3.05. The Balaban J connectivity index is 1.67. The molecule has 0 fully saturated rings. The Morgan fingerprint density at radius 3 is 2.56 bits per heavy atom. The lowest BCUT2D eigenvalue weighted by Crippen LogP contribution is -2.33. The van der Waals surface area contributed by atoms with Gasteiger partial charge in [0.15, 0.2) is 11.5 Å². The predicted octanol–water partition coefficient (Wildman–Crippen LogP) is 3.29. The monoisotopic (exact) mass is 388 g/mol. The van der Waals surface area contributed by atoms with Crippen molar-refractivity contribution < 1.29 is 19.1 Å². The third-order valence-electron chi connectivity index (χ3n) is 4.31. The van der Waals surface area contributed by atoms with Crippen molar-refractivity contribution in [1.29, 1.82) is 0 Å². The van der Waals surface area contributed by atoms with Gasteiger partial charge in [-0.25, -0.2) is 0 Å². The summed E-state index contributed by atoms with van der Waals surface area (Å²) in [4.78, 5) is 25.9. The van der Waals surface area contributed by atoms with Crippen LogP contribution in [0, 0.1) is 0 Å². The number of benzene rings is 2. The summed E-state index contributed by atoms with van der Waals surface area (Å²) in [5.74, 6) is 1.12. The largest absolute Gasteiger partial charge is 0.454 e. The maximum atomic E-state index is 12.7. The van der Waals surface area contributed by atoms with Crippen LogP contribution in [0.3, 0.4) is 0 Å². The van der Waals surface area contributed by atoms with Gasteiger partial charge in [0.05, 0.1) is 12.5 Å². The van der Waals surface area contributed by atoms with Crippen LogP contribution in [-0.2, 0) is 16.1 Å². The highest BCUT2D eigenvalue weighted by Gasteiger charge is 2.20. The van der Waals surface area contributed by atoms with Crippen LogP contribution in [0.15, 0.2) is 42.5 Å². The van der Waals surface area contributed by atoms with Gasteiger partial charge in [0.1, 0.15) is 0 Å². The fraction of sp³-hybridized carbons (Fsp3) is 0.300. The smallest absolute Gasteiger partial charge is 0.231 e. The molecular weight excluding hydrogens is 368 g/mol. The van der Waals surface area contributed by atoms with E-state index in [2.05, 4.69) is 5.32 Å². The van der Waals surface area contributed by atoms with Gasteiger partial charge in [-0.3, -0.25) is 9.59 Å². The molecule has 3 rings (SSSR count). The van der Waals surface area contributed by atoms with E-state index >= 15 is 0 Å². The highest BCUT2D eigenvalue weighted by atomic mass is 35.5. The van der Waals surface area contributed by atoms with Gasteiger partial charge in [-0.15, -0.1) is 0 Å². The normalized spacial score (nSPS) is 13.1. The first-order valence-electron chi connectivity index (χ1n) is 8.57. The molecule has 6 nitrogen and oxygen atoms in total. The molecule has 27 heavy (non-hydrogen) atoms. The number of ether oxygens (including phenoxy) is 2. The molecule has 0 aliphatic carbocycles. The molecule has 0 spiro atoms. The van der Waals surface area contributed by atoms with Crippen LogP contribution in [0.2, 0.25) is 5.02 Å². The average Bonchev–Trinajstić information content (AvgIpc) is 3.09. The number of carbonyl (C=O) groups excluding carboxylic acids is 2. The molecule has 0 radical (unpaired) electrons. The standard InChI is InChI=1S/C20H21ClN2O4/c1-13(24)22-17(15-4-6-16(21)7-5-15)10-20(25)23(2)11-14-3-8-18-19(9-14)27-12-26-18/h3-9,17H,10-12H2,1-2H3,(H,22,24). The van der Waals surface area contributed by atoms with E-state index in [0.717, 1.165) is 11.1 Å². The Morgan fingerprint density at radius 1 is 1.15 bits per heavy atom. The van der Waals surface area contributed by atoms with Crippen molar-refractivity contribution in [3.8, 4) is 11.5 Å². The number of fused-ring (bicyclic) bond motifs is 1. The van der Waals surface area contributed by atoms with E-state index in [1.807, 2.05) is 30.3 Å². The van der Waals surface area contributed by atoms with Crippen molar-refractivity contribution >= 4 is 23.4 Å². The van der Waals surface area contributed by atoms with E-state index in [1.165, 1.54) is 6.92 Å². The Morgan fingerprint density at radius 2 is 1.85 bits per heavy atom. The molecule has 0 bridgehead atoms. The second-order valence-electron chi connectivity index (χ2n) is 6.45. The van der Waals surface area contributed by atoms with Crippen LogP contribution in [0.5, 0.6) is 11.5 Å². The molecule has 1 unspecified atom stereocenters. The molecule has 2 aromatic carbocycles. The Kier molecular flexibility index (Phi) is 5.86. The minimum absolute atomic E-state index is 0.0821. The lowest BCUT2D eigenvalue weighted by atomic mass is 10.0. The zero-order valence-electron chi connectivity index (χ0n) is 15.2. The number of hydrogen-bond donors (Lipinski definition) is 1. The Bertz CT molecular complexity index is 838. The van der Waals surface area contributed by atoms with Crippen LogP contribution in [0.1, 0.15) is 30.5 Å². The van der Waals surface area contributed by atoms with E-state index in [0.29, 0.717) is 23.1 Å². The summed E-state index contributed by atoms with van der Waals surface area (Å²) in [6.07, 6.45) is 0.155. The number of nitrogens with zero attached hydrogens (tertiary/aromatic N) is 1. The lowest BCUT2D eigenvalue weighted by Gasteiger charge is -2.23. The first kappa shape index (κ1) is 19.0. The zero-order chi connectivity index (χ0) is 19.4. The van der Waals surface area contributed by atoms with Gasteiger partial charge in [-0.2, -0.15) is 0 Å². The maximum Gasteiger partial charge on any atom is 0.231 e. The molecule has 0 saturated heterocycles. The highest BCUT2D eigenvalue weighted by Crippen LogP contribution is 2.32. The van der Waals surface area contributed by atoms with E-state index in [1.54, 1.807) is 24.1 Å². The number of rotatable bonds is 6. The van der Waals surface area contributed by atoms with Crippen LogP contribution in [-0.4, -0.2) is 30.6 Å². The molecule has 1 aliphatic rings. The van der Waals surface area contributed by atoms with Gasteiger partial charge in [0.2, 0.25) is 18.6 Å². The minimum atomic E-state index is -0.411. The molecule has 2 aromatic rings. The summed E-state index contributed by atoms with van der Waals surface area (Å²) in [5.41, 5.74) is 1.78. The van der Waals surface area contributed by atoms with Gasteiger partial charge in [-0.1, -0.05) is 29.8 Å². The number of carbonyl (C=O) groups is 2. The molecule has 7 heteroatoms. The summed E-state index contributed by atoms with van der Waals surface area (Å²) in [6, 6.07) is 12.3. The first-order chi connectivity index (χ1) is 12.9. The molecule has 1 atom stereocenters. The molecule has 1 heterocycles. The van der Waals surface area contributed by atoms with Crippen molar-refractivity contribution in [1.82, 2.24) is 10.2 Å². The van der Waals surface area contributed by atoms with Gasteiger partial charge < -0.3 is 19.7 Å². The quantitative estimate of drug-likeness (QED) is 0.824. The summed E-state index contributed by atoms with van der Waals surface area (Å²) in [5, 5.41) is 3.44. The van der Waals surface area contributed by atoms with E-state index < -0.39 is 6.04 Å². The van der Waals surface area contributed by atoms with Crippen molar-refractivity contribution in [3.05, 3.63) is 58.6 Å². The molecule has 142 valence electrons. The van der Waals surface area contributed by atoms with Crippen molar-refractivity contribution in [2.75, 3.05) is 13.8 Å². The fourth-order valence-electron chi connectivity index (χ4n) is 2.92. The van der Waals surface area contributed by atoms with Crippen LogP contribution in [0.25, 0.3) is 0 Å². The number of hydrogen-bond acceptors (Lipinski definition) is 4. The second kappa shape index (κ2) is 8.31. The first-order valence-corrected chi connectivity index (χ1v) is 8.95. The highest BCUT2D eigenvalue weighted by molar-refractivity contribution is 6.30. The van der Waals surface area contributed by atoms with Gasteiger partial charge in [-0.05, 0) is 35.4 Å². The molecule has 0 saturated carbocycles. The summed E-state index contributed by atoms with van der Waals surface area (Å²) >= 11 is 5.93. The topological polar surface area (TPSA) is 67.9 Å². The molecular formula is C20H21ClN2O4. The van der Waals surface area contributed by atoms with E-state index in [4.69, 9.17) is 21.1 Å². The van der Waals surface area contributed by atoms with Gasteiger partial charge in [0.25, 0.3) is 0 Å². The maximum absolute atomic E-state index is 12.7. The molecule has 1 aliphatic heterocycles. The Labute approximate surface area is 163 Å².